The number of aromatic nitrogens is 3. The Kier molecular flexibility index (Phi) is 4.99. The van der Waals surface area contributed by atoms with E-state index in [-0.39, 0.29) is 0 Å². The van der Waals surface area contributed by atoms with E-state index in [1.54, 1.807) is 24.8 Å². The Bertz CT molecular complexity index is 1310. The summed E-state index contributed by atoms with van der Waals surface area (Å²) in [4.78, 5) is 14.5. The maximum absolute atomic E-state index is 5.28. The van der Waals surface area contributed by atoms with Crippen molar-refractivity contribution in [1.82, 2.24) is 15.0 Å². The summed E-state index contributed by atoms with van der Waals surface area (Å²) in [6, 6.07) is 18.5. The van der Waals surface area contributed by atoms with Crippen molar-refractivity contribution in [2.24, 2.45) is 0 Å². The molecule has 0 aliphatic rings. The molecule has 0 saturated carbocycles. The summed E-state index contributed by atoms with van der Waals surface area (Å²) in [5.41, 5.74) is 4.54. The number of benzene rings is 2. The van der Waals surface area contributed by atoms with Gasteiger partial charge in [-0.2, -0.15) is 0 Å². The van der Waals surface area contributed by atoms with E-state index in [9.17, 15) is 0 Å². The molecule has 5 nitrogen and oxygen atoms in total. The van der Waals surface area contributed by atoms with Crippen LogP contribution in [0.2, 0.25) is 0 Å². The van der Waals surface area contributed by atoms with E-state index in [1.807, 2.05) is 24.4 Å². The Morgan fingerprint density at radius 2 is 1.83 bits per heavy atom. The van der Waals surface area contributed by atoms with Crippen LogP contribution in [0.4, 0.5) is 5.82 Å². The minimum Gasteiger partial charge on any atom is -0.497 e. The van der Waals surface area contributed by atoms with Crippen LogP contribution < -0.4 is 10.1 Å². The first-order valence-electron chi connectivity index (χ1n) is 9.76. The molecule has 2 aromatic carbocycles. The lowest BCUT2D eigenvalue weighted by molar-refractivity contribution is 0.415. The van der Waals surface area contributed by atoms with Gasteiger partial charge in [-0.25, -0.2) is 9.97 Å². The fourth-order valence-electron chi connectivity index (χ4n) is 3.68. The highest BCUT2D eigenvalue weighted by Gasteiger charge is 2.13. The summed E-state index contributed by atoms with van der Waals surface area (Å²) in [5.74, 6) is 1.71. The Balaban J connectivity index is 1.42. The molecule has 0 radical (unpaired) electrons. The van der Waals surface area contributed by atoms with Crippen molar-refractivity contribution in [3.63, 3.8) is 0 Å². The number of para-hydroxylation sites is 1. The average molecular weight is 413 g/mol. The number of pyridine rings is 1. The van der Waals surface area contributed by atoms with Crippen molar-refractivity contribution in [2.75, 3.05) is 19.0 Å². The SMILES string of the molecule is COc1ccc(-c2csc3ncnc(NCCc4cccc5cccnc45)c23)cc1. The van der Waals surface area contributed by atoms with E-state index < -0.39 is 0 Å². The minimum absolute atomic E-state index is 0.764. The molecular formula is C24H20N4OS. The normalized spacial score (nSPS) is 11.1. The van der Waals surface area contributed by atoms with Crippen LogP contribution in [0.1, 0.15) is 5.56 Å². The summed E-state index contributed by atoms with van der Waals surface area (Å²) < 4.78 is 5.28. The van der Waals surface area contributed by atoms with Gasteiger partial charge in [0.25, 0.3) is 0 Å². The zero-order valence-electron chi connectivity index (χ0n) is 16.5. The Labute approximate surface area is 178 Å². The highest BCUT2D eigenvalue weighted by atomic mass is 32.1. The van der Waals surface area contributed by atoms with E-state index in [1.165, 1.54) is 10.9 Å². The second kappa shape index (κ2) is 8.08. The minimum atomic E-state index is 0.764. The molecule has 0 spiro atoms. The standard InChI is InChI=1S/C24H20N4OS/c1-29-19-9-7-16(8-10-19)20-14-30-24-21(20)23(27-15-28-24)26-13-11-18-5-2-4-17-6-3-12-25-22(17)18/h2-10,12,14-15H,11,13H2,1H3,(H,26,27,28). The van der Waals surface area contributed by atoms with E-state index in [2.05, 4.69) is 62.0 Å². The molecule has 1 N–H and O–H groups in total. The highest BCUT2D eigenvalue weighted by molar-refractivity contribution is 7.17. The second-order valence-corrected chi connectivity index (χ2v) is 7.81. The third kappa shape index (κ3) is 3.46. The Hall–Kier alpha value is -3.51. The number of fused-ring (bicyclic) bond motifs is 2. The molecule has 0 saturated heterocycles. The molecule has 3 aromatic heterocycles. The van der Waals surface area contributed by atoms with Crippen LogP contribution >= 0.6 is 11.3 Å². The summed E-state index contributed by atoms with van der Waals surface area (Å²) in [6.07, 6.45) is 4.33. The lowest BCUT2D eigenvalue weighted by atomic mass is 10.1. The number of hydrogen-bond acceptors (Lipinski definition) is 6. The van der Waals surface area contributed by atoms with Gasteiger partial charge in [0.1, 0.15) is 22.7 Å². The Morgan fingerprint density at radius 1 is 0.967 bits per heavy atom. The average Bonchev–Trinajstić information content (AvgIpc) is 3.24. The number of thiophene rings is 1. The fourth-order valence-corrected chi connectivity index (χ4v) is 4.59. The third-order valence-corrected chi connectivity index (χ3v) is 6.06. The zero-order valence-corrected chi connectivity index (χ0v) is 17.3. The molecule has 30 heavy (non-hydrogen) atoms. The first kappa shape index (κ1) is 18.5. The van der Waals surface area contributed by atoms with Gasteiger partial charge < -0.3 is 10.1 Å². The molecule has 5 rings (SSSR count). The van der Waals surface area contributed by atoms with E-state index >= 15 is 0 Å². The molecule has 0 fully saturated rings. The van der Waals surface area contributed by atoms with Gasteiger partial charge in [0.2, 0.25) is 0 Å². The summed E-state index contributed by atoms with van der Waals surface area (Å²) in [5, 5.41) is 7.89. The first-order chi connectivity index (χ1) is 14.8. The summed E-state index contributed by atoms with van der Waals surface area (Å²) in [7, 11) is 1.68. The molecule has 3 heterocycles. The van der Waals surface area contributed by atoms with Crippen molar-refractivity contribution >= 4 is 38.3 Å². The smallest absolute Gasteiger partial charge is 0.138 e. The van der Waals surface area contributed by atoms with Crippen LogP contribution in [0, 0.1) is 0 Å². The first-order valence-corrected chi connectivity index (χ1v) is 10.6. The van der Waals surface area contributed by atoms with Crippen molar-refractivity contribution in [1.29, 1.82) is 0 Å². The Morgan fingerprint density at radius 3 is 2.70 bits per heavy atom. The second-order valence-electron chi connectivity index (χ2n) is 6.95. The fraction of sp³-hybridized carbons (Fsp3) is 0.125. The van der Waals surface area contributed by atoms with Crippen LogP contribution in [-0.2, 0) is 6.42 Å². The van der Waals surface area contributed by atoms with Crippen molar-refractivity contribution in [3.8, 4) is 16.9 Å². The monoisotopic (exact) mass is 412 g/mol. The van der Waals surface area contributed by atoms with Crippen molar-refractivity contribution in [2.45, 2.75) is 6.42 Å². The lowest BCUT2D eigenvalue weighted by Crippen LogP contribution is -2.07. The number of rotatable bonds is 6. The summed E-state index contributed by atoms with van der Waals surface area (Å²) in [6.45, 7) is 0.764. The molecule has 5 aromatic rings. The topological polar surface area (TPSA) is 59.9 Å². The van der Waals surface area contributed by atoms with Gasteiger partial charge in [0.05, 0.1) is 18.0 Å². The van der Waals surface area contributed by atoms with Gasteiger partial charge in [-0.15, -0.1) is 11.3 Å². The number of hydrogen-bond donors (Lipinski definition) is 1. The van der Waals surface area contributed by atoms with Crippen LogP contribution in [0.3, 0.4) is 0 Å². The molecule has 0 aliphatic heterocycles. The largest absolute Gasteiger partial charge is 0.497 e. The van der Waals surface area contributed by atoms with Gasteiger partial charge in [0, 0.05) is 29.1 Å². The van der Waals surface area contributed by atoms with Crippen LogP contribution in [0.15, 0.2) is 72.5 Å². The molecule has 0 atom stereocenters. The highest BCUT2D eigenvalue weighted by Crippen LogP contribution is 2.37. The van der Waals surface area contributed by atoms with Gasteiger partial charge in [-0.3, -0.25) is 4.98 Å². The van der Waals surface area contributed by atoms with Gasteiger partial charge >= 0.3 is 0 Å². The summed E-state index contributed by atoms with van der Waals surface area (Å²) >= 11 is 1.63. The molecule has 148 valence electrons. The maximum atomic E-state index is 5.28. The number of anilines is 1. The van der Waals surface area contributed by atoms with Gasteiger partial charge in [-0.1, -0.05) is 36.4 Å². The molecule has 6 heteroatoms. The number of nitrogens with one attached hydrogen (secondary N) is 1. The van der Waals surface area contributed by atoms with Crippen LogP contribution in [-0.4, -0.2) is 28.6 Å². The van der Waals surface area contributed by atoms with E-state index in [4.69, 9.17) is 4.74 Å². The zero-order chi connectivity index (χ0) is 20.3. The van der Waals surface area contributed by atoms with Crippen LogP contribution in [0.5, 0.6) is 5.75 Å². The van der Waals surface area contributed by atoms with Crippen molar-refractivity contribution in [3.05, 3.63) is 78.1 Å². The van der Waals surface area contributed by atoms with Crippen LogP contribution in [0.25, 0.3) is 32.2 Å². The van der Waals surface area contributed by atoms with E-state index in [0.717, 1.165) is 51.4 Å². The van der Waals surface area contributed by atoms with Crippen molar-refractivity contribution < 1.29 is 4.74 Å². The number of nitrogens with zero attached hydrogens (tertiary/aromatic N) is 3. The van der Waals surface area contributed by atoms with Gasteiger partial charge in [-0.05, 0) is 35.7 Å². The third-order valence-electron chi connectivity index (χ3n) is 5.17. The maximum Gasteiger partial charge on any atom is 0.138 e. The molecular weight excluding hydrogens is 392 g/mol. The predicted octanol–water partition coefficient (Wildman–Crippen LogP) is 5.57. The molecule has 0 bridgehead atoms. The molecule has 0 unspecified atom stereocenters. The van der Waals surface area contributed by atoms with E-state index in [0.29, 0.717) is 0 Å². The number of ether oxygens (including phenoxy) is 1. The van der Waals surface area contributed by atoms with Gasteiger partial charge in [0.15, 0.2) is 0 Å². The molecule has 0 amide bonds. The molecule has 0 aliphatic carbocycles. The quantitative estimate of drug-likeness (QED) is 0.395. The lowest BCUT2D eigenvalue weighted by Gasteiger charge is -2.10. The predicted molar refractivity (Wildman–Crippen MR) is 123 cm³/mol. The number of methoxy groups -OCH3 is 1.